The van der Waals surface area contributed by atoms with Gasteiger partial charge >= 0.3 is 5.69 Å². The van der Waals surface area contributed by atoms with E-state index in [-0.39, 0.29) is 17.6 Å². The Labute approximate surface area is 112 Å². The zero-order chi connectivity index (χ0) is 14.6. The van der Waals surface area contributed by atoms with E-state index >= 15 is 0 Å². The van der Waals surface area contributed by atoms with E-state index in [4.69, 9.17) is 0 Å². The van der Waals surface area contributed by atoms with E-state index in [0.29, 0.717) is 6.54 Å². The molecule has 19 heavy (non-hydrogen) atoms. The maximum absolute atomic E-state index is 13.5. The molecule has 0 saturated heterocycles. The second-order valence-electron chi connectivity index (χ2n) is 5.15. The van der Waals surface area contributed by atoms with Crippen molar-refractivity contribution in [3.8, 4) is 0 Å². The van der Waals surface area contributed by atoms with Gasteiger partial charge in [0.05, 0.1) is 4.92 Å². The van der Waals surface area contributed by atoms with E-state index in [1.165, 1.54) is 12.1 Å². The Bertz CT molecular complexity index is 450. The van der Waals surface area contributed by atoms with Crippen LogP contribution in [0.1, 0.15) is 13.8 Å². The average molecular weight is 269 g/mol. The second kappa shape index (κ2) is 6.47. The van der Waals surface area contributed by atoms with Crippen LogP contribution in [-0.2, 0) is 0 Å². The van der Waals surface area contributed by atoms with Crippen molar-refractivity contribution in [3.63, 3.8) is 0 Å². The zero-order valence-electron chi connectivity index (χ0n) is 11.7. The Morgan fingerprint density at radius 1 is 1.42 bits per heavy atom. The molecule has 0 aliphatic rings. The molecule has 0 aliphatic carbocycles. The minimum absolute atomic E-state index is 0.00972. The van der Waals surface area contributed by atoms with Crippen molar-refractivity contribution in [2.24, 2.45) is 5.92 Å². The lowest BCUT2D eigenvalue weighted by atomic mass is 10.0. The molecule has 1 rings (SSSR count). The van der Waals surface area contributed by atoms with Crippen molar-refractivity contribution in [2.45, 2.75) is 19.9 Å². The van der Waals surface area contributed by atoms with Crippen molar-refractivity contribution in [2.75, 3.05) is 26.0 Å². The fraction of sp³-hybridized carbons (Fsp3) is 0.538. The fourth-order valence-electron chi connectivity index (χ4n) is 1.83. The number of nitro benzene ring substituents is 1. The van der Waals surface area contributed by atoms with Gasteiger partial charge in [0.15, 0.2) is 0 Å². The molecule has 0 aliphatic heterocycles. The van der Waals surface area contributed by atoms with E-state index in [1.54, 1.807) is 0 Å². The largest absolute Gasteiger partial charge is 0.375 e. The highest BCUT2D eigenvalue weighted by Crippen LogP contribution is 2.28. The molecule has 0 bridgehead atoms. The highest BCUT2D eigenvalue weighted by Gasteiger charge is 2.23. The van der Waals surface area contributed by atoms with Crippen LogP contribution in [0, 0.1) is 21.8 Å². The molecule has 1 aromatic rings. The smallest absolute Gasteiger partial charge is 0.327 e. The summed E-state index contributed by atoms with van der Waals surface area (Å²) in [4.78, 5) is 12.2. The van der Waals surface area contributed by atoms with Crippen LogP contribution in [0.15, 0.2) is 18.2 Å². The first-order valence-corrected chi connectivity index (χ1v) is 6.17. The number of rotatable bonds is 6. The van der Waals surface area contributed by atoms with Crippen LogP contribution in [0.3, 0.4) is 0 Å². The van der Waals surface area contributed by atoms with Crippen molar-refractivity contribution in [3.05, 3.63) is 34.1 Å². The summed E-state index contributed by atoms with van der Waals surface area (Å²) in [6.07, 6.45) is 0. The van der Waals surface area contributed by atoms with Gasteiger partial charge in [-0.2, -0.15) is 4.39 Å². The van der Waals surface area contributed by atoms with Gasteiger partial charge in [0.1, 0.15) is 5.69 Å². The van der Waals surface area contributed by atoms with E-state index < -0.39 is 16.4 Å². The number of hydrogen-bond donors (Lipinski definition) is 1. The van der Waals surface area contributed by atoms with Crippen LogP contribution in [0.5, 0.6) is 0 Å². The minimum atomic E-state index is -0.817. The summed E-state index contributed by atoms with van der Waals surface area (Å²) in [7, 11) is 3.86. The van der Waals surface area contributed by atoms with Gasteiger partial charge in [-0.15, -0.1) is 0 Å². The first-order valence-electron chi connectivity index (χ1n) is 6.17. The van der Waals surface area contributed by atoms with E-state index in [9.17, 15) is 14.5 Å². The summed E-state index contributed by atoms with van der Waals surface area (Å²) >= 11 is 0. The van der Waals surface area contributed by atoms with Crippen molar-refractivity contribution < 1.29 is 9.31 Å². The molecule has 0 radical (unpaired) electrons. The third-order valence-corrected chi connectivity index (χ3v) is 2.88. The van der Waals surface area contributed by atoms with Crippen molar-refractivity contribution in [1.29, 1.82) is 0 Å². The predicted octanol–water partition coefficient (Wildman–Crippen LogP) is 2.73. The Balaban J connectivity index is 3.02. The third-order valence-electron chi connectivity index (χ3n) is 2.88. The van der Waals surface area contributed by atoms with E-state index in [2.05, 4.69) is 5.32 Å². The Kier molecular flexibility index (Phi) is 5.23. The maximum Gasteiger partial charge on any atom is 0.327 e. The predicted molar refractivity (Wildman–Crippen MR) is 73.9 cm³/mol. The van der Waals surface area contributed by atoms with Crippen LogP contribution in [0.25, 0.3) is 0 Å². The lowest BCUT2D eigenvalue weighted by Crippen LogP contribution is -2.36. The molecule has 0 saturated carbocycles. The molecule has 0 fully saturated rings. The third kappa shape index (κ3) is 4.17. The summed E-state index contributed by atoms with van der Waals surface area (Å²) in [5.74, 6) is -0.548. The molecule has 6 heteroatoms. The molecule has 1 unspecified atom stereocenters. The van der Waals surface area contributed by atoms with Gasteiger partial charge < -0.3 is 10.2 Å². The summed E-state index contributed by atoms with van der Waals surface area (Å²) < 4.78 is 13.5. The maximum atomic E-state index is 13.5. The molecule has 0 heterocycles. The van der Waals surface area contributed by atoms with Crippen LogP contribution >= 0.6 is 0 Å². The van der Waals surface area contributed by atoms with Crippen LogP contribution in [0.4, 0.5) is 15.8 Å². The highest BCUT2D eigenvalue weighted by molar-refractivity contribution is 5.62. The number of nitrogens with one attached hydrogen (secondary N) is 1. The molecule has 0 amide bonds. The molecule has 1 aromatic carbocycles. The standard InChI is InChI=1S/C13H20FN3O2/c1-9(2)12(8-16(3)4)15-11-7-5-6-10(14)13(11)17(18)19/h5-7,9,12,15H,8H2,1-4H3. The van der Waals surface area contributed by atoms with Gasteiger partial charge in [-0.25, -0.2) is 0 Å². The Morgan fingerprint density at radius 3 is 2.53 bits per heavy atom. The zero-order valence-corrected chi connectivity index (χ0v) is 11.7. The normalized spacial score (nSPS) is 12.8. The SMILES string of the molecule is CC(C)C(CN(C)C)Nc1cccc(F)c1[N+](=O)[O-]. The Morgan fingerprint density at radius 2 is 2.05 bits per heavy atom. The van der Waals surface area contributed by atoms with Crippen molar-refractivity contribution in [1.82, 2.24) is 4.90 Å². The van der Waals surface area contributed by atoms with Gasteiger partial charge in [-0.3, -0.25) is 10.1 Å². The second-order valence-corrected chi connectivity index (χ2v) is 5.15. The van der Waals surface area contributed by atoms with Gasteiger partial charge in [0.2, 0.25) is 5.82 Å². The molecular weight excluding hydrogens is 249 g/mol. The van der Waals surface area contributed by atoms with E-state index in [1.807, 2.05) is 32.8 Å². The van der Waals surface area contributed by atoms with Crippen LogP contribution < -0.4 is 5.32 Å². The molecule has 0 spiro atoms. The quantitative estimate of drug-likeness (QED) is 0.637. The number of para-hydroxylation sites is 1. The number of anilines is 1. The fourth-order valence-corrected chi connectivity index (χ4v) is 1.83. The Hall–Kier alpha value is -1.69. The number of halogens is 1. The summed E-state index contributed by atoms with van der Waals surface area (Å²) in [6, 6.07) is 4.11. The summed E-state index contributed by atoms with van der Waals surface area (Å²) in [5, 5.41) is 14.0. The molecule has 5 nitrogen and oxygen atoms in total. The van der Waals surface area contributed by atoms with Gasteiger partial charge in [-0.05, 0) is 32.1 Å². The summed E-state index contributed by atoms with van der Waals surface area (Å²) in [5.41, 5.74) is -0.266. The van der Waals surface area contributed by atoms with E-state index in [0.717, 1.165) is 6.07 Å². The molecule has 1 N–H and O–H groups in total. The number of benzene rings is 1. The monoisotopic (exact) mass is 269 g/mol. The highest BCUT2D eigenvalue weighted by atomic mass is 19.1. The molecule has 1 atom stereocenters. The number of likely N-dealkylation sites (N-methyl/N-ethyl adjacent to an activating group) is 1. The lowest BCUT2D eigenvalue weighted by Gasteiger charge is -2.26. The molecule has 0 aromatic heterocycles. The molecule has 106 valence electrons. The first kappa shape index (κ1) is 15.4. The van der Waals surface area contributed by atoms with Gasteiger partial charge in [0, 0.05) is 12.6 Å². The first-order chi connectivity index (χ1) is 8.82. The number of hydrogen-bond acceptors (Lipinski definition) is 4. The van der Waals surface area contributed by atoms with Gasteiger partial charge in [0.25, 0.3) is 0 Å². The number of nitro groups is 1. The molecular formula is C13H20FN3O2. The average Bonchev–Trinajstić information content (AvgIpc) is 2.26. The van der Waals surface area contributed by atoms with Crippen LogP contribution in [0.2, 0.25) is 0 Å². The van der Waals surface area contributed by atoms with Crippen molar-refractivity contribution >= 4 is 11.4 Å². The van der Waals surface area contributed by atoms with Crippen LogP contribution in [-0.4, -0.2) is 36.5 Å². The summed E-state index contributed by atoms with van der Waals surface area (Å²) in [6.45, 7) is 4.75. The minimum Gasteiger partial charge on any atom is -0.375 e. The van der Waals surface area contributed by atoms with Gasteiger partial charge in [-0.1, -0.05) is 19.9 Å². The lowest BCUT2D eigenvalue weighted by molar-refractivity contribution is -0.386. The number of nitrogens with zero attached hydrogens (tertiary/aromatic N) is 2. The topological polar surface area (TPSA) is 58.4 Å².